The number of hydrogen-bond acceptors (Lipinski definition) is 4. The molecule has 0 radical (unpaired) electrons. The van der Waals surface area contributed by atoms with Gasteiger partial charge in [-0.1, -0.05) is 5.16 Å². The Labute approximate surface area is 82.4 Å². The Morgan fingerprint density at radius 2 is 2.36 bits per heavy atom. The van der Waals surface area contributed by atoms with Crippen LogP contribution in [0.15, 0.2) is 5.16 Å². The third-order valence-electron chi connectivity index (χ3n) is 2.46. The number of amides is 1. The Kier molecular flexibility index (Phi) is 3.22. The van der Waals surface area contributed by atoms with E-state index in [9.17, 15) is 9.59 Å². The lowest BCUT2D eigenvalue weighted by atomic mass is 10.1. The lowest BCUT2D eigenvalue weighted by molar-refractivity contribution is -0.132. The van der Waals surface area contributed by atoms with Gasteiger partial charge < -0.3 is 10.1 Å². The van der Waals surface area contributed by atoms with Crippen molar-refractivity contribution in [2.24, 2.45) is 5.16 Å². The van der Waals surface area contributed by atoms with E-state index in [1.807, 2.05) is 0 Å². The van der Waals surface area contributed by atoms with Crippen LogP contribution in [0.5, 0.6) is 0 Å². The number of oxime groups is 1. The molecular weight excluding hydrogens is 184 g/mol. The van der Waals surface area contributed by atoms with E-state index in [-0.39, 0.29) is 24.2 Å². The van der Waals surface area contributed by atoms with Gasteiger partial charge in [-0.15, -0.1) is 0 Å². The molecule has 1 atom stereocenters. The van der Waals surface area contributed by atoms with Gasteiger partial charge in [-0.2, -0.15) is 0 Å². The molecule has 0 aromatic heterocycles. The Bertz CT molecular complexity index is 286. The average molecular weight is 198 g/mol. The monoisotopic (exact) mass is 198 g/mol. The molecule has 0 aliphatic carbocycles. The van der Waals surface area contributed by atoms with E-state index in [0.717, 1.165) is 0 Å². The van der Waals surface area contributed by atoms with Gasteiger partial charge in [0.15, 0.2) is 5.78 Å². The molecular formula is C9H14N2O3. The number of Topliss-reactive ketones (excluding diaryl/α,β-unsaturated/α-hetero) is 1. The zero-order chi connectivity index (χ0) is 10.7. The smallest absolute Gasteiger partial charge is 0.223 e. The number of likely N-dealkylation sites (tertiary alicyclic amines) is 1. The Balaban J connectivity index is 2.58. The molecule has 1 aliphatic rings. The second kappa shape index (κ2) is 4.21. The van der Waals surface area contributed by atoms with E-state index in [0.29, 0.717) is 18.6 Å². The topological polar surface area (TPSA) is 70.0 Å². The highest BCUT2D eigenvalue weighted by atomic mass is 16.4. The second-order valence-electron chi connectivity index (χ2n) is 3.54. The minimum atomic E-state index is -0.334. The van der Waals surface area contributed by atoms with Gasteiger partial charge in [0.25, 0.3) is 0 Å². The molecule has 1 saturated heterocycles. The highest BCUT2D eigenvalue weighted by Gasteiger charge is 2.32. The van der Waals surface area contributed by atoms with Crippen LogP contribution in [-0.2, 0) is 9.59 Å². The third-order valence-corrected chi connectivity index (χ3v) is 2.46. The summed E-state index contributed by atoms with van der Waals surface area (Å²) in [5.41, 5.74) is 0.378. The predicted octanol–water partition coefficient (Wildman–Crippen LogP) is 0.416. The van der Waals surface area contributed by atoms with Gasteiger partial charge in [-0.05, 0) is 13.3 Å². The average Bonchev–Trinajstić information content (AvgIpc) is 2.47. The van der Waals surface area contributed by atoms with E-state index in [2.05, 4.69) is 5.16 Å². The summed E-state index contributed by atoms with van der Waals surface area (Å²) >= 11 is 0. The predicted molar refractivity (Wildman–Crippen MR) is 50.3 cm³/mol. The van der Waals surface area contributed by atoms with E-state index in [1.165, 1.54) is 4.90 Å². The Morgan fingerprint density at radius 3 is 2.79 bits per heavy atom. The van der Waals surface area contributed by atoms with Gasteiger partial charge in [0.05, 0.1) is 11.8 Å². The molecule has 0 saturated carbocycles. The van der Waals surface area contributed by atoms with Crippen molar-refractivity contribution >= 4 is 17.4 Å². The molecule has 0 bridgehead atoms. The molecule has 0 unspecified atom stereocenters. The SMILES string of the molecule is CC(CC(=O)[C@@H]1CCC(=O)N1C)=NO. The first-order valence-corrected chi connectivity index (χ1v) is 4.52. The maximum absolute atomic E-state index is 11.6. The number of rotatable bonds is 3. The van der Waals surface area contributed by atoms with Gasteiger partial charge in [-0.25, -0.2) is 0 Å². The van der Waals surface area contributed by atoms with Crippen LogP contribution in [0.25, 0.3) is 0 Å². The quantitative estimate of drug-likeness (QED) is 0.406. The summed E-state index contributed by atoms with van der Waals surface area (Å²) in [6.45, 7) is 1.58. The maximum Gasteiger partial charge on any atom is 0.223 e. The summed E-state index contributed by atoms with van der Waals surface area (Å²) in [5.74, 6) is -0.0596. The lowest BCUT2D eigenvalue weighted by Gasteiger charge is -2.17. The van der Waals surface area contributed by atoms with Crippen LogP contribution in [0.4, 0.5) is 0 Å². The second-order valence-corrected chi connectivity index (χ2v) is 3.54. The van der Waals surface area contributed by atoms with Crippen molar-refractivity contribution in [1.82, 2.24) is 4.90 Å². The number of carbonyl (C=O) groups is 2. The largest absolute Gasteiger partial charge is 0.411 e. The third kappa shape index (κ3) is 2.10. The molecule has 1 aliphatic heterocycles. The van der Waals surface area contributed by atoms with Gasteiger partial charge in [0, 0.05) is 19.9 Å². The lowest BCUT2D eigenvalue weighted by Crippen LogP contribution is -2.36. The number of nitrogens with zero attached hydrogens (tertiary/aromatic N) is 2. The van der Waals surface area contributed by atoms with Crippen LogP contribution < -0.4 is 0 Å². The van der Waals surface area contributed by atoms with Crippen LogP contribution in [0.2, 0.25) is 0 Å². The molecule has 1 amide bonds. The fourth-order valence-corrected chi connectivity index (χ4v) is 1.59. The molecule has 0 spiro atoms. The number of hydrogen-bond donors (Lipinski definition) is 1. The molecule has 0 aromatic carbocycles. The van der Waals surface area contributed by atoms with Crippen molar-refractivity contribution in [3.8, 4) is 0 Å². The van der Waals surface area contributed by atoms with Gasteiger partial charge in [0.2, 0.25) is 5.91 Å². The van der Waals surface area contributed by atoms with Gasteiger partial charge in [-0.3, -0.25) is 9.59 Å². The van der Waals surface area contributed by atoms with Crippen molar-refractivity contribution in [1.29, 1.82) is 0 Å². The Hall–Kier alpha value is -1.39. The summed E-state index contributed by atoms with van der Waals surface area (Å²) < 4.78 is 0. The number of ketones is 1. The van der Waals surface area contributed by atoms with E-state index >= 15 is 0 Å². The molecule has 5 heteroatoms. The summed E-state index contributed by atoms with van der Waals surface area (Å²) in [6, 6.07) is -0.334. The van der Waals surface area contributed by atoms with Crippen LogP contribution in [0.3, 0.4) is 0 Å². The van der Waals surface area contributed by atoms with Crippen LogP contribution in [0, 0.1) is 0 Å². The first-order valence-electron chi connectivity index (χ1n) is 4.52. The van der Waals surface area contributed by atoms with Gasteiger partial charge >= 0.3 is 0 Å². The Morgan fingerprint density at radius 1 is 1.71 bits per heavy atom. The zero-order valence-electron chi connectivity index (χ0n) is 8.36. The first-order chi connectivity index (χ1) is 6.56. The summed E-state index contributed by atoms with van der Waals surface area (Å²) in [6.07, 6.45) is 1.12. The van der Waals surface area contributed by atoms with Crippen molar-refractivity contribution in [2.45, 2.75) is 32.2 Å². The normalized spacial score (nSPS) is 23.0. The molecule has 1 heterocycles. The molecule has 1 N–H and O–H groups in total. The zero-order valence-corrected chi connectivity index (χ0v) is 8.36. The summed E-state index contributed by atoms with van der Waals surface area (Å²) in [7, 11) is 1.63. The minimum Gasteiger partial charge on any atom is -0.411 e. The summed E-state index contributed by atoms with van der Waals surface area (Å²) in [5, 5.41) is 11.3. The van der Waals surface area contributed by atoms with Crippen molar-refractivity contribution in [3.63, 3.8) is 0 Å². The molecule has 78 valence electrons. The molecule has 0 aromatic rings. The van der Waals surface area contributed by atoms with Crippen LogP contribution in [0.1, 0.15) is 26.2 Å². The fourth-order valence-electron chi connectivity index (χ4n) is 1.59. The number of carbonyl (C=O) groups excluding carboxylic acids is 2. The van der Waals surface area contributed by atoms with E-state index in [4.69, 9.17) is 5.21 Å². The van der Waals surface area contributed by atoms with Crippen LogP contribution >= 0.6 is 0 Å². The molecule has 5 nitrogen and oxygen atoms in total. The minimum absolute atomic E-state index is 0.00180. The fraction of sp³-hybridized carbons (Fsp3) is 0.667. The molecule has 1 fully saturated rings. The van der Waals surface area contributed by atoms with Crippen molar-refractivity contribution in [2.75, 3.05) is 7.05 Å². The van der Waals surface area contributed by atoms with Crippen molar-refractivity contribution in [3.05, 3.63) is 0 Å². The maximum atomic E-state index is 11.6. The highest BCUT2D eigenvalue weighted by Crippen LogP contribution is 2.18. The first kappa shape index (κ1) is 10.7. The highest BCUT2D eigenvalue weighted by molar-refractivity contribution is 6.04. The summed E-state index contributed by atoms with van der Waals surface area (Å²) in [4.78, 5) is 24.2. The van der Waals surface area contributed by atoms with E-state index in [1.54, 1.807) is 14.0 Å². The van der Waals surface area contributed by atoms with Gasteiger partial charge in [0.1, 0.15) is 0 Å². The van der Waals surface area contributed by atoms with E-state index < -0.39 is 0 Å². The standard InChI is InChI=1S/C9H14N2O3/c1-6(10-14)5-8(12)7-3-4-9(13)11(7)2/h7,14H,3-5H2,1-2H3/t7-/m0/s1. The van der Waals surface area contributed by atoms with Crippen molar-refractivity contribution < 1.29 is 14.8 Å². The number of likely N-dealkylation sites (N-methyl/N-ethyl adjacent to an activating group) is 1. The van der Waals surface area contributed by atoms with Crippen LogP contribution in [-0.4, -0.2) is 40.6 Å². The molecule has 1 rings (SSSR count). The molecule has 14 heavy (non-hydrogen) atoms.